The van der Waals surface area contributed by atoms with Crippen LogP contribution >= 0.6 is 0 Å². The maximum absolute atomic E-state index is 12.6. The van der Waals surface area contributed by atoms with E-state index in [1.807, 2.05) is 10.7 Å². The molecule has 2 heterocycles. The van der Waals surface area contributed by atoms with Gasteiger partial charge in [0, 0.05) is 35.5 Å². The molecular formula is C23H31N3O5S2. The molecule has 180 valence electrons. The van der Waals surface area contributed by atoms with Crippen molar-refractivity contribution in [3.05, 3.63) is 35.5 Å². The molecule has 1 aliphatic carbocycles. The van der Waals surface area contributed by atoms with E-state index in [0.717, 1.165) is 35.4 Å². The maximum atomic E-state index is 12.6. The molecule has 0 saturated carbocycles. The lowest BCUT2D eigenvalue weighted by Gasteiger charge is -2.38. The van der Waals surface area contributed by atoms with Gasteiger partial charge < -0.3 is 5.32 Å². The molecular weight excluding hydrogens is 462 g/mol. The summed E-state index contributed by atoms with van der Waals surface area (Å²) in [5.74, 6) is 0.0207. The Balaban J connectivity index is 1.56. The second-order valence-corrected chi connectivity index (χ2v) is 14.1. The van der Waals surface area contributed by atoms with Gasteiger partial charge in [0.05, 0.1) is 27.6 Å². The summed E-state index contributed by atoms with van der Waals surface area (Å²) in [6, 6.07) is 7.01. The first-order valence-electron chi connectivity index (χ1n) is 11.2. The second kappa shape index (κ2) is 8.23. The number of fused-ring (bicyclic) bond motifs is 1. The zero-order valence-electron chi connectivity index (χ0n) is 19.5. The molecule has 0 radical (unpaired) electrons. The van der Waals surface area contributed by atoms with Gasteiger partial charge in [-0.15, -0.1) is 0 Å². The SMILES string of the molecule is CC(C)n1nc(-c2cccc(S(C)(=O)=O)c2)c2c1CC(CC(=O)NC1(C)CS(=O)(=O)C1)CC2. The van der Waals surface area contributed by atoms with Crippen LogP contribution in [0, 0.1) is 5.92 Å². The number of rotatable bonds is 6. The van der Waals surface area contributed by atoms with Crippen LogP contribution in [0.3, 0.4) is 0 Å². The minimum atomic E-state index is -3.32. The van der Waals surface area contributed by atoms with Crippen LogP contribution in [0.1, 0.15) is 50.9 Å². The van der Waals surface area contributed by atoms with Crippen molar-refractivity contribution in [2.45, 2.75) is 62.9 Å². The molecule has 1 unspecified atom stereocenters. The van der Waals surface area contributed by atoms with Gasteiger partial charge in [0.1, 0.15) is 0 Å². The van der Waals surface area contributed by atoms with E-state index in [0.29, 0.717) is 12.8 Å². The van der Waals surface area contributed by atoms with E-state index in [-0.39, 0.29) is 34.3 Å². The van der Waals surface area contributed by atoms with Crippen LogP contribution in [-0.4, -0.2) is 55.8 Å². The Morgan fingerprint density at radius 2 is 2.00 bits per heavy atom. The summed E-state index contributed by atoms with van der Waals surface area (Å²) in [5.41, 5.74) is 3.13. The first-order valence-corrected chi connectivity index (χ1v) is 14.9. The van der Waals surface area contributed by atoms with Crippen LogP contribution in [-0.2, 0) is 37.3 Å². The van der Waals surface area contributed by atoms with Crippen molar-refractivity contribution in [3.63, 3.8) is 0 Å². The van der Waals surface area contributed by atoms with Gasteiger partial charge in [-0.25, -0.2) is 16.8 Å². The highest BCUT2D eigenvalue weighted by atomic mass is 32.2. The average Bonchev–Trinajstić information content (AvgIpc) is 3.04. The van der Waals surface area contributed by atoms with Crippen molar-refractivity contribution in [1.82, 2.24) is 15.1 Å². The minimum Gasteiger partial charge on any atom is -0.349 e. The fraction of sp³-hybridized carbons (Fsp3) is 0.565. The van der Waals surface area contributed by atoms with Crippen LogP contribution in [0.4, 0.5) is 0 Å². The Hall–Kier alpha value is -2.20. The molecule has 1 atom stereocenters. The lowest BCUT2D eigenvalue weighted by Crippen LogP contribution is -2.63. The number of amides is 1. The number of nitrogens with one attached hydrogen (secondary N) is 1. The Morgan fingerprint density at radius 3 is 2.61 bits per heavy atom. The van der Waals surface area contributed by atoms with Crippen molar-refractivity contribution >= 4 is 25.6 Å². The molecule has 1 fully saturated rings. The Labute approximate surface area is 195 Å². The van der Waals surface area contributed by atoms with E-state index in [4.69, 9.17) is 5.10 Å². The van der Waals surface area contributed by atoms with Gasteiger partial charge in [-0.1, -0.05) is 12.1 Å². The molecule has 1 saturated heterocycles. The van der Waals surface area contributed by atoms with Gasteiger partial charge in [-0.3, -0.25) is 9.48 Å². The lowest BCUT2D eigenvalue weighted by molar-refractivity contribution is -0.123. The monoisotopic (exact) mass is 493 g/mol. The van der Waals surface area contributed by atoms with Crippen molar-refractivity contribution in [3.8, 4) is 11.3 Å². The molecule has 2 aliphatic rings. The second-order valence-electron chi connectivity index (χ2n) is 10.1. The zero-order chi connectivity index (χ0) is 24.2. The number of aromatic nitrogens is 2. The van der Waals surface area contributed by atoms with Gasteiger partial charge in [-0.2, -0.15) is 5.10 Å². The van der Waals surface area contributed by atoms with Crippen molar-refractivity contribution in [2.24, 2.45) is 5.92 Å². The van der Waals surface area contributed by atoms with Crippen LogP contribution in [0.25, 0.3) is 11.3 Å². The van der Waals surface area contributed by atoms with Crippen LogP contribution in [0.2, 0.25) is 0 Å². The number of sulfone groups is 2. The summed E-state index contributed by atoms with van der Waals surface area (Å²) in [4.78, 5) is 12.9. The molecule has 33 heavy (non-hydrogen) atoms. The summed E-state index contributed by atoms with van der Waals surface area (Å²) >= 11 is 0. The fourth-order valence-electron chi connectivity index (χ4n) is 5.06. The third-order valence-electron chi connectivity index (χ3n) is 6.42. The molecule has 1 aliphatic heterocycles. The minimum absolute atomic E-state index is 0.00339. The van der Waals surface area contributed by atoms with Crippen molar-refractivity contribution < 1.29 is 21.6 Å². The standard InChI is InChI=1S/C23H31N3O5S2/c1-15(2)26-20-10-16(11-21(27)24-23(3)13-33(30,31)14-23)8-9-19(20)22(25-26)17-6-5-7-18(12-17)32(4,28)29/h5-7,12,15-16H,8-11,13-14H2,1-4H3,(H,24,27). The molecule has 1 aromatic heterocycles. The van der Waals surface area contributed by atoms with Crippen LogP contribution in [0.15, 0.2) is 29.2 Å². The smallest absolute Gasteiger partial charge is 0.220 e. The number of carbonyl (C=O) groups is 1. The Kier molecular flexibility index (Phi) is 5.97. The van der Waals surface area contributed by atoms with Gasteiger partial charge in [0.15, 0.2) is 19.7 Å². The lowest BCUT2D eigenvalue weighted by atomic mass is 9.83. The van der Waals surface area contributed by atoms with E-state index in [2.05, 4.69) is 19.2 Å². The van der Waals surface area contributed by atoms with E-state index >= 15 is 0 Å². The number of hydrogen-bond donors (Lipinski definition) is 1. The summed E-state index contributed by atoms with van der Waals surface area (Å²) in [7, 11) is -6.35. The van der Waals surface area contributed by atoms with Crippen molar-refractivity contribution in [1.29, 1.82) is 0 Å². The van der Waals surface area contributed by atoms with Gasteiger partial charge >= 0.3 is 0 Å². The third-order valence-corrected chi connectivity index (χ3v) is 9.68. The predicted octanol–water partition coefficient (Wildman–Crippen LogP) is 2.33. The molecule has 1 aromatic carbocycles. The average molecular weight is 494 g/mol. The van der Waals surface area contributed by atoms with E-state index in [9.17, 15) is 21.6 Å². The number of benzene rings is 1. The van der Waals surface area contributed by atoms with Crippen molar-refractivity contribution in [2.75, 3.05) is 17.8 Å². The molecule has 2 aromatic rings. The van der Waals surface area contributed by atoms with Crippen LogP contribution < -0.4 is 5.32 Å². The van der Waals surface area contributed by atoms with Gasteiger partial charge in [0.25, 0.3) is 0 Å². The molecule has 0 spiro atoms. The molecule has 4 rings (SSSR count). The Bertz CT molecular complexity index is 1300. The first kappa shape index (κ1) is 23.9. The number of carbonyl (C=O) groups excluding carboxylic acids is 1. The predicted molar refractivity (Wildman–Crippen MR) is 126 cm³/mol. The van der Waals surface area contributed by atoms with E-state index in [1.165, 1.54) is 6.26 Å². The largest absolute Gasteiger partial charge is 0.349 e. The molecule has 1 amide bonds. The first-order chi connectivity index (χ1) is 15.3. The van der Waals surface area contributed by atoms with E-state index in [1.54, 1.807) is 25.1 Å². The fourth-order valence-corrected chi connectivity index (χ4v) is 7.73. The normalized spacial score (nSPS) is 21.3. The highest BCUT2D eigenvalue weighted by Crippen LogP contribution is 2.36. The van der Waals surface area contributed by atoms with Gasteiger partial charge in [-0.05, 0) is 58.1 Å². The summed E-state index contributed by atoms with van der Waals surface area (Å²) in [5, 5.41) is 7.76. The summed E-state index contributed by atoms with van der Waals surface area (Å²) in [6.07, 6.45) is 3.82. The molecule has 0 bridgehead atoms. The van der Waals surface area contributed by atoms with E-state index < -0.39 is 25.2 Å². The van der Waals surface area contributed by atoms with Crippen LogP contribution in [0.5, 0.6) is 0 Å². The quantitative estimate of drug-likeness (QED) is 0.660. The highest BCUT2D eigenvalue weighted by molar-refractivity contribution is 7.93. The Morgan fingerprint density at radius 1 is 1.30 bits per heavy atom. The molecule has 1 N–H and O–H groups in total. The highest BCUT2D eigenvalue weighted by Gasteiger charge is 2.45. The number of nitrogens with zero attached hydrogens (tertiary/aromatic N) is 2. The molecule has 8 nitrogen and oxygen atoms in total. The summed E-state index contributed by atoms with van der Waals surface area (Å²) < 4.78 is 49.1. The third kappa shape index (κ3) is 5.01. The maximum Gasteiger partial charge on any atom is 0.220 e. The number of hydrogen-bond acceptors (Lipinski definition) is 6. The van der Waals surface area contributed by atoms with Gasteiger partial charge in [0.2, 0.25) is 5.91 Å². The zero-order valence-corrected chi connectivity index (χ0v) is 21.1. The summed E-state index contributed by atoms with van der Waals surface area (Å²) in [6.45, 7) is 5.88. The molecule has 10 heteroatoms. The topological polar surface area (TPSA) is 115 Å².